The van der Waals surface area contributed by atoms with E-state index in [2.05, 4.69) is 5.32 Å². The molecule has 2 N–H and O–H groups in total. The predicted octanol–water partition coefficient (Wildman–Crippen LogP) is -0.406. The molecule has 0 bridgehead atoms. The molecule has 1 aliphatic rings. The lowest BCUT2D eigenvalue weighted by Gasteiger charge is -1.86. The smallest absolute Gasteiger partial charge is 0.0804 e. The normalized spacial score (nSPS) is 41.7. The molecule has 3 nitrogen and oxygen atoms in total. The predicted molar refractivity (Wildman–Crippen MR) is 28.6 cm³/mol. The topological polar surface area (TPSA) is 53.0 Å². The molecular formula is C3H8N2OS. The van der Waals surface area contributed by atoms with Gasteiger partial charge in [-0.15, -0.1) is 0 Å². The highest BCUT2D eigenvalue weighted by Gasteiger charge is 2.11. The van der Waals surface area contributed by atoms with Gasteiger partial charge in [0.2, 0.25) is 0 Å². The Kier molecular flexibility index (Phi) is 1.05. The van der Waals surface area contributed by atoms with Crippen LogP contribution in [0.2, 0.25) is 0 Å². The molecule has 4 heteroatoms. The lowest BCUT2D eigenvalue weighted by atomic mass is 10.8. The van der Waals surface area contributed by atoms with Crippen LogP contribution in [0.4, 0.5) is 0 Å². The van der Waals surface area contributed by atoms with Crippen LogP contribution in [0.5, 0.6) is 0 Å². The zero-order chi connectivity index (χ0) is 5.33. The second-order valence-electron chi connectivity index (χ2n) is 1.66. The van der Waals surface area contributed by atoms with E-state index in [9.17, 15) is 4.21 Å². The van der Waals surface area contributed by atoms with Gasteiger partial charge < -0.3 is 5.32 Å². The average Bonchev–Trinajstić information content (AvgIpc) is 1.84. The summed E-state index contributed by atoms with van der Waals surface area (Å²) in [5, 5.41) is 2.85. The van der Waals surface area contributed by atoms with Gasteiger partial charge >= 0.3 is 0 Å². The molecule has 1 atom stereocenters. The van der Waals surface area contributed by atoms with Gasteiger partial charge in [0.05, 0.1) is 15.6 Å². The van der Waals surface area contributed by atoms with Crippen LogP contribution in [0.25, 0.3) is 0 Å². The molecule has 1 rings (SSSR count). The van der Waals surface area contributed by atoms with E-state index in [1.807, 2.05) is 0 Å². The van der Waals surface area contributed by atoms with E-state index in [-0.39, 0.29) is 0 Å². The van der Waals surface area contributed by atoms with Crippen molar-refractivity contribution in [3.63, 3.8) is 0 Å². The molecule has 1 fully saturated rings. The van der Waals surface area contributed by atoms with Gasteiger partial charge in [-0.1, -0.05) is 0 Å². The summed E-state index contributed by atoms with van der Waals surface area (Å²) in [7, 11) is -2.16. The van der Waals surface area contributed by atoms with Crippen LogP contribution in [0.15, 0.2) is 0 Å². The summed E-state index contributed by atoms with van der Waals surface area (Å²) in [5.74, 6) is 0.931. The van der Waals surface area contributed by atoms with Crippen molar-refractivity contribution in [2.45, 2.75) is 0 Å². The Hall–Kier alpha value is -0.0900. The SMILES string of the molecule is N=S1(=O)CCNC1. The van der Waals surface area contributed by atoms with Gasteiger partial charge in [0.25, 0.3) is 0 Å². The van der Waals surface area contributed by atoms with Crippen LogP contribution in [-0.2, 0) is 9.73 Å². The molecule has 0 spiro atoms. The molecule has 0 amide bonds. The third kappa shape index (κ3) is 1.14. The Morgan fingerprint density at radius 1 is 1.71 bits per heavy atom. The van der Waals surface area contributed by atoms with Crippen molar-refractivity contribution in [1.29, 1.82) is 4.78 Å². The van der Waals surface area contributed by atoms with Crippen LogP contribution in [0.3, 0.4) is 0 Å². The molecule has 42 valence electrons. The van der Waals surface area contributed by atoms with Crippen LogP contribution < -0.4 is 5.32 Å². The van der Waals surface area contributed by atoms with E-state index in [0.29, 0.717) is 11.6 Å². The fraction of sp³-hybridized carbons (Fsp3) is 1.00. The zero-order valence-electron chi connectivity index (χ0n) is 3.94. The summed E-state index contributed by atoms with van der Waals surface area (Å²) in [5.41, 5.74) is 0. The Bertz CT molecular complexity index is 136. The van der Waals surface area contributed by atoms with Gasteiger partial charge in [-0.05, 0) is 0 Å². The van der Waals surface area contributed by atoms with Crippen molar-refractivity contribution in [3.8, 4) is 0 Å². The summed E-state index contributed by atoms with van der Waals surface area (Å²) in [6, 6.07) is 0. The minimum Gasteiger partial charge on any atom is -0.304 e. The third-order valence-corrected chi connectivity index (χ3v) is 2.48. The van der Waals surface area contributed by atoms with Gasteiger partial charge in [-0.2, -0.15) is 0 Å². The average molecular weight is 120 g/mol. The van der Waals surface area contributed by atoms with Crippen LogP contribution in [-0.4, -0.2) is 22.4 Å². The largest absolute Gasteiger partial charge is 0.304 e. The lowest BCUT2D eigenvalue weighted by Crippen LogP contribution is -2.07. The van der Waals surface area contributed by atoms with Gasteiger partial charge in [0, 0.05) is 12.3 Å². The van der Waals surface area contributed by atoms with E-state index >= 15 is 0 Å². The van der Waals surface area contributed by atoms with E-state index in [0.717, 1.165) is 6.54 Å². The first-order chi connectivity index (χ1) is 3.21. The van der Waals surface area contributed by atoms with Crippen LogP contribution in [0.1, 0.15) is 0 Å². The monoisotopic (exact) mass is 120 g/mol. The number of hydrogen-bond acceptors (Lipinski definition) is 3. The molecule has 0 aromatic heterocycles. The Morgan fingerprint density at radius 3 is 2.57 bits per heavy atom. The van der Waals surface area contributed by atoms with E-state index in [1.54, 1.807) is 0 Å². The summed E-state index contributed by atoms with van der Waals surface area (Å²) < 4.78 is 17.5. The number of rotatable bonds is 0. The maximum Gasteiger partial charge on any atom is 0.0804 e. The summed E-state index contributed by atoms with van der Waals surface area (Å²) >= 11 is 0. The molecule has 0 saturated carbocycles. The first-order valence-corrected chi connectivity index (χ1v) is 4.05. The van der Waals surface area contributed by atoms with Gasteiger partial charge in [-0.3, -0.25) is 4.78 Å². The van der Waals surface area contributed by atoms with E-state index in [4.69, 9.17) is 4.78 Å². The molecule has 0 radical (unpaired) electrons. The van der Waals surface area contributed by atoms with E-state index in [1.165, 1.54) is 0 Å². The van der Waals surface area contributed by atoms with Crippen molar-refractivity contribution >= 4 is 9.73 Å². The van der Waals surface area contributed by atoms with E-state index < -0.39 is 9.73 Å². The fourth-order valence-electron chi connectivity index (χ4n) is 0.546. The molecule has 1 saturated heterocycles. The maximum absolute atomic E-state index is 10.6. The quantitative estimate of drug-likeness (QED) is 0.457. The van der Waals surface area contributed by atoms with Crippen molar-refractivity contribution in [3.05, 3.63) is 0 Å². The summed E-state index contributed by atoms with van der Waals surface area (Å²) in [6.45, 7) is 0.752. The second-order valence-corrected chi connectivity index (χ2v) is 3.98. The highest BCUT2D eigenvalue weighted by molar-refractivity contribution is 7.92. The zero-order valence-corrected chi connectivity index (χ0v) is 4.75. The molecule has 1 heterocycles. The second kappa shape index (κ2) is 1.45. The lowest BCUT2D eigenvalue weighted by molar-refractivity contribution is 0.678. The highest BCUT2D eigenvalue weighted by Crippen LogP contribution is 1.93. The minimum atomic E-state index is -2.16. The standard InChI is InChI=1S/C3H8N2OS/c4-7(6)2-1-5-3-7/h4-5H,1-3H2. The molecule has 0 aromatic carbocycles. The summed E-state index contributed by atoms with van der Waals surface area (Å²) in [4.78, 5) is 0. The van der Waals surface area contributed by atoms with Crippen molar-refractivity contribution in [2.75, 3.05) is 18.2 Å². The van der Waals surface area contributed by atoms with Crippen molar-refractivity contribution in [2.24, 2.45) is 0 Å². The Balaban J connectivity index is 2.76. The summed E-state index contributed by atoms with van der Waals surface area (Å²) in [6.07, 6.45) is 0. The minimum absolute atomic E-state index is 0.396. The number of hydrogen-bond donors (Lipinski definition) is 2. The van der Waals surface area contributed by atoms with Crippen LogP contribution >= 0.6 is 0 Å². The highest BCUT2D eigenvalue weighted by atomic mass is 32.2. The maximum atomic E-state index is 10.6. The first-order valence-electron chi connectivity index (χ1n) is 2.16. The molecule has 7 heavy (non-hydrogen) atoms. The van der Waals surface area contributed by atoms with Gasteiger partial charge in [-0.25, -0.2) is 4.21 Å². The molecule has 0 aliphatic carbocycles. The Morgan fingerprint density at radius 2 is 2.43 bits per heavy atom. The van der Waals surface area contributed by atoms with Crippen LogP contribution in [0, 0.1) is 4.78 Å². The number of nitrogens with one attached hydrogen (secondary N) is 2. The third-order valence-electron chi connectivity index (χ3n) is 0.944. The van der Waals surface area contributed by atoms with Gasteiger partial charge in [0.15, 0.2) is 0 Å². The molecular weight excluding hydrogens is 112 g/mol. The van der Waals surface area contributed by atoms with Gasteiger partial charge in [0.1, 0.15) is 0 Å². The Labute approximate surface area is 43.1 Å². The molecule has 1 unspecified atom stereocenters. The molecule has 1 aliphatic heterocycles. The fourth-order valence-corrected chi connectivity index (χ4v) is 1.64. The van der Waals surface area contributed by atoms with Crippen molar-refractivity contribution < 1.29 is 4.21 Å². The first kappa shape index (κ1) is 5.05. The van der Waals surface area contributed by atoms with Crippen molar-refractivity contribution in [1.82, 2.24) is 5.32 Å². The molecule has 0 aromatic rings.